The summed E-state index contributed by atoms with van der Waals surface area (Å²) in [5, 5.41) is 11.3. The molecular formula is C14H27IN6S. The minimum absolute atomic E-state index is 0. The molecule has 0 radical (unpaired) electrons. The molecule has 1 aliphatic rings. The van der Waals surface area contributed by atoms with Gasteiger partial charge in [-0.05, 0) is 45.1 Å². The fraction of sp³-hybridized carbons (Fsp3) is 0.786. The topological polar surface area (TPSA) is 67.1 Å². The first-order valence-corrected chi connectivity index (χ1v) is 9.09. The van der Waals surface area contributed by atoms with Crippen LogP contribution in [0.1, 0.15) is 43.9 Å². The quantitative estimate of drug-likeness (QED) is 0.309. The predicted molar refractivity (Wildman–Crippen MR) is 104 cm³/mol. The van der Waals surface area contributed by atoms with Crippen LogP contribution in [0.25, 0.3) is 0 Å². The molecule has 6 nitrogen and oxygen atoms in total. The van der Waals surface area contributed by atoms with E-state index in [2.05, 4.69) is 38.9 Å². The zero-order valence-corrected chi connectivity index (χ0v) is 16.8. The van der Waals surface area contributed by atoms with E-state index >= 15 is 0 Å². The van der Waals surface area contributed by atoms with Crippen molar-refractivity contribution in [3.05, 3.63) is 11.6 Å². The smallest absolute Gasteiger partial charge is 0.191 e. The van der Waals surface area contributed by atoms with Crippen LogP contribution in [0.3, 0.4) is 0 Å². The van der Waals surface area contributed by atoms with Gasteiger partial charge in [0.2, 0.25) is 0 Å². The highest BCUT2D eigenvalue weighted by atomic mass is 127. The number of hydrogen-bond acceptors (Lipinski definition) is 4. The van der Waals surface area contributed by atoms with Crippen LogP contribution in [0.2, 0.25) is 0 Å². The lowest BCUT2D eigenvalue weighted by Crippen LogP contribution is -2.41. The normalized spacial score (nSPS) is 17.6. The van der Waals surface area contributed by atoms with Gasteiger partial charge >= 0.3 is 0 Å². The van der Waals surface area contributed by atoms with E-state index in [4.69, 9.17) is 0 Å². The molecule has 0 fully saturated rings. The van der Waals surface area contributed by atoms with E-state index in [9.17, 15) is 0 Å². The van der Waals surface area contributed by atoms with Crippen molar-refractivity contribution >= 4 is 41.7 Å². The summed E-state index contributed by atoms with van der Waals surface area (Å²) < 4.78 is 2.02. The van der Waals surface area contributed by atoms with Crippen molar-refractivity contribution < 1.29 is 0 Å². The van der Waals surface area contributed by atoms with E-state index in [1.165, 1.54) is 0 Å². The van der Waals surface area contributed by atoms with Crippen molar-refractivity contribution in [1.82, 2.24) is 25.4 Å². The largest absolute Gasteiger partial charge is 0.357 e. The van der Waals surface area contributed by atoms with Crippen molar-refractivity contribution in [3.8, 4) is 0 Å². The number of aliphatic imine (C=N–C) groups is 1. The third-order valence-corrected chi connectivity index (χ3v) is 4.11. The van der Waals surface area contributed by atoms with E-state index in [1.807, 2.05) is 23.4 Å². The Hall–Kier alpha value is -0.510. The highest BCUT2D eigenvalue weighted by molar-refractivity contribution is 14.0. The van der Waals surface area contributed by atoms with Crippen LogP contribution in [0, 0.1) is 6.92 Å². The Balaban J connectivity index is 0.00000242. The number of nitrogens with one attached hydrogen (secondary N) is 2. The zero-order chi connectivity index (χ0) is 15.1. The molecule has 0 spiro atoms. The summed E-state index contributed by atoms with van der Waals surface area (Å²) in [4.78, 5) is 9.21. The molecule has 1 aromatic rings. The molecular weight excluding hydrogens is 411 g/mol. The molecule has 0 bridgehead atoms. The van der Waals surface area contributed by atoms with Gasteiger partial charge in [-0.15, -0.1) is 24.0 Å². The van der Waals surface area contributed by atoms with Gasteiger partial charge in [-0.2, -0.15) is 16.9 Å². The molecule has 0 aliphatic carbocycles. The highest BCUT2D eigenvalue weighted by Crippen LogP contribution is 2.22. The molecule has 1 aromatic heterocycles. The lowest BCUT2D eigenvalue weighted by Gasteiger charge is -2.25. The third-order valence-electron chi connectivity index (χ3n) is 3.41. The Morgan fingerprint density at radius 2 is 2.32 bits per heavy atom. The number of aromatic nitrogens is 3. The molecule has 8 heteroatoms. The molecule has 0 amide bonds. The van der Waals surface area contributed by atoms with Gasteiger partial charge in [0.15, 0.2) is 5.96 Å². The van der Waals surface area contributed by atoms with E-state index < -0.39 is 0 Å². The number of halogens is 1. The molecule has 1 aliphatic heterocycles. The van der Waals surface area contributed by atoms with Gasteiger partial charge in [-0.1, -0.05) is 0 Å². The van der Waals surface area contributed by atoms with Crippen LogP contribution >= 0.6 is 35.7 Å². The Kier molecular flexibility index (Phi) is 9.15. The van der Waals surface area contributed by atoms with Crippen LogP contribution in [0.5, 0.6) is 0 Å². The maximum Gasteiger partial charge on any atom is 0.191 e. The minimum atomic E-state index is 0. The van der Waals surface area contributed by atoms with Gasteiger partial charge in [0, 0.05) is 19.6 Å². The van der Waals surface area contributed by atoms with Crippen LogP contribution < -0.4 is 10.6 Å². The fourth-order valence-corrected chi connectivity index (χ4v) is 2.91. The zero-order valence-electron chi connectivity index (χ0n) is 13.6. The van der Waals surface area contributed by atoms with Crippen LogP contribution in [0.15, 0.2) is 4.99 Å². The second kappa shape index (κ2) is 10.3. The molecule has 0 saturated carbocycles. The van der Waals surface area contributed by atoms with Crippen molar-refractivity contribution in [1.29, 1.82) is 0 Å². The molecule has 0 saturated heterocycles. The molecule has 1 unspecified atom stereocenters. The van der Waals surface area contributed by atoms with Crippen LogP contribution in [-0.2, 0) is 6.54 Å². The molecule has 2 rings (SSSR count). The van der Waals surface area contributed by atoms with E-state index in [0.717, 1.165) is 62.3 Å². The van der Waals surface area contributed by atoms with Crippen molar-refractivity contribution in [3.63, 3.8) is 0 Å². The van der Waals surface area contributed by atoms with E-state index in [-0.39, 0.29) is 30.0 Å². The fourth-order valence-electron chi connectivity index (χ4n) is 2.49. The molecule has 126 valence electrons. The maximum atomic E-state index is 4.65. The summed E-state index contributed by atoms with van der Waals surface area (Å²) >= 11 is 1.86. The lowest BCUT2D eigenvalue weighted by molar-refractivity contribution is 0.397. The SMILES string of the molecule is CCNC(=NCCCSC)NC1CCCn2nc(C)nc21.I. The number of aryl methyl sites for hydroxylation is 2. The maximum absolute atomic E-state index is 4.65. The van der Waals surface area contributed by atoms with Gasteiger partial charge in [0.25, 0.3) is 0 Å². The summed E-state index contributed by atoms with van der Waals surface area (Å²) in [5.41, 5.74) is 0. The highest BCUT2D eigenvalue weighted by Gasteiger charge is 2.24. The first-order valence-electron chi connectivity index (χ1n) is 7.69. The molecule has 22 heavy (non-hydrogen) atoms. The predicted octanol–water partition coefficient (Wildman–Crippen LogP) is 2.35. The molecule has 0 aromatic carbocycles. The Bertz CT molecular complexity index is 476. The molecule has 2 N–H and O–H groups in total. The van der Waals surface area contributed by atoms with Crippen molar-refractivity contribution in [2.45, 2.75) is 45.7 Å². The number of rotatable bonds is 6. The van der Waals surface area contributed by atoms with Gasteiger partial charge < -0.3 is 10.6 Å². The summed E-state index contributed by atoms with van der Waals surface area (Å²) in [6.07, 6.45) is 5.44. The Labute approximate surface area is 154 Å². The average molecular weight is 438 g/mol. The minimum Gasteiger partial charge on any atom is -0.357 e. The average Bonchev–Trinajstić information content (AvgIpc) is 2.85. The second-order valence-corrected chi connectivity index (χ2v) is 6.17. The van der Waals surface area contributed by atoms with Crippen LogP contribution in [-0.4, -0.2) is 45.8 Å². The standard InChI is InChI=1S/C14H26N6S.HI/c1-4-15-14(16-8-6-10-21-3)18-12-7-5-9-20-13(12)17-11(2)19-20;/h12H,4-10H2,1-3H3,(H2,15,16,18);1H. The summed E-state index contributed by atoms with van der Waals surface area (Å²) in [6, 6.07) is 0.207. The van der Waals surface area contributed by atoms with E-state index in [0.29, 0.717) is 0 Å². The van der Waals surface area contributed by atoms with E-state index in [1.54, 1.807) is 0 Å². The van der Waals surface area contributed by atoms with Gasteiger partial charge in [-0.3, -0.25) is 4.99 Å². The van der Waals surface area contributed by atoms with Gasteiger partial charge in [0.05, 0.1) is 6.04 Å². The lowest BCUT2D eigenvalue weighted by atomic mass is 10.1. The van der Waals surface area contributed by atoms with Gasteiger partial charge in [-0.25, -0.2) is 9.67 Å². The first kappa shape index (κ1) is 19.5. The van der Waals surface area contributed by atoms with Crippen molar-refractivity contribution in [2.75, 3.05) is 25.1 Å². The summed E-state index contributed by atoms with van der Waals surface area (Å²) in [7, 11) is 0. The number of fused-ring (bicyclic) bond motifs is 1. The monoisotopic (exact) mass is 438 g/mol. The summed E-state index contributed by atoms with van der Waals surface area (Å²) in [5.74, 6) is 3.92. The van der Waals surface area contributed by atoms with Gasteiger partial charge in [0.1, 0.15) is 11.6 Å². The third kappa shape index (κ3) is 5.60. The number of nitrogens with zero attached hydrogens (tertiary/aromatic N) is 4. The van der Waals surface area contributed by atoms with Crippen molar-refractivity contribution in [2.24, 2.45) is 4.99 Å². The Morgan fingerprint density at radius 3 is 3.05 bits per heavy atom. The number of hydrogen-bond donors (Lipinski definition) is 2. The molecule has 2 heterocycles. The number of guanidine groups is 1. The summed E-state index contributed by atoms with van der Waals surface area (Å²) in [6.45, 7) is 6.73. The first-order chi connectivity index (χ1) is 10.2. The second-order valence-electron chi connectivity index (χ2n) is 5.19. The number of thioether (sulfide) groups is 1. The molecule has 1 atom stereocenters. The van der Waals surface area contributed by atoms with Crippen LogP contribution in [0.4, 0.5) is 0 Å². The Morgan fingerprint density at radius 1 is 1.50 bits per heavy atom.